The summed E-state index contributed by atoms with van der Waals surface area (Å²) in [6.07, 6.45) is -1.92. The van der Waals surface area contributed by atoms with E-state index in [4.69, 9.17) is 26.7 Å². The largest absolute Gasteiger partial charge is 0.492 e. The number of aliphatic imine (C=N–C) groups is 1. The molecule has 0 spiro atoms. The van der Waals surface area contributed by atoms with Gasteiger partial charge in [-0.3, -0.25) is 4.79 Å². The van der Waals surface area contributed by atoms with Gasteiger partial charge in [-0.05, 0) is 31.2 Å². The standard InChI is InChI=1S/C19H23N5O6S/c1-2-29-14-10-6-9-13(17(14)23-19(21)22)18(26)30-16(25)11-15(20)24-31(27,28)12-7-4-3-5-8-12/h3-10,15,24H,2,11,20H2,1H3,(H4,21,22,23). The van der Waals surface area contributed by atoms with Gasteiger partial charge in [0.15, 0.2) is 5.96 Å². The molecule has 12 heteroatoms. The van der Waals surface area contributed by atoms with Gasteiger partial charge in [0, 0.05) is 0 Å². The smallest absolute Gasteiger partial charge is 0.348 e. The monoisotopic (exact) mass is 449 g/mol. The molecule has 1 atom stereocenters. The van der Waals surface area contributed by atoms with Gasteiger partial charge < -0.3 is 26.7 Å². The molecule has 0 aliphatic rings. The first-order chi connectivity index (χ1) is 14.6. The van der Waals surface area contributed by atoms with Crippen molar-refractivity contribution in [2.24, 2.45) is 22.2 Å². The van der Waals surface area contributed by atoms with Crippen LogP contribution < -0.4 is 26.7 Å². The molecule has 0 amide bonds. The lowest BCUT2D eigenvalue weighted by Gasteiger charge is -2.14. The Kier molecular flexibility index (Phi) is 8.07. The van der Waals surface area contributed by atoms with Gasteiger partial charge in [0.1, 0.15) is 11.4 Å². The summed E-state index contributed by atoms with van der Waals surface area (Å²) in [6, 6.07) is 11.8. The predicted molar refractivity (Wildman–Crippen MR) is 113 cm³/mol. The van der Waals surface area contributed by atoms with Crippen LogP contribution in [0.3, 0.4) is 0 Å². The van der Waals surface area contributed by atoms with E-state index in [2.05, 4.69) is 9.71 Å². The molecule has 166 valence electrons. The summed E-state index contributed by atoms with van der Waals surface area (Å²) in [7, 11) is -3.95. The molecule has 2 aromatic carbocycles. The van der Waals surface area contributed by atoms with Crippen molar-refractivity contribution in [3.8, 4) is 5.75 Å². The lowest BCUT2D eigenvalue weighted by molar-refractivity contribution is -0.138. The Morgan fingerprint density at radius 2 is 1.77 bits per heavy atom. The minimum atomic E-state index is -3.95. The SMILES string of the molecule is CCOc1cccc(C(=O)OC(=O)CC(N)NS(=O)(=O)c2ccccc2)c1N=C(N)N. The van der Waals surface area contributed by atoms with E-state index in [-0.39, 0.29) is 34.5 Å². The lowest BCUT2D eigenvalue weighted by atomic mass is 10.1. The van der Waals surface area contributed by atoms with Crippen molar-refractivity contribution >= 4 is 33.6 Å². The molecular weight excluding hydrogens is 426 g/mol. The fourth-order valence-corrected chi connectivity index (χ4v) is 3.63. The highest BCUT2D eigenvalue weighted by Crippen LogP contribution is 2.32. The minimum Gasteiger partial charge on any atom is -0.492 e. The van der Waals surface area contributed by atoms with Gasteiger partial charge in [0.25, 0.3) is 0 Å². The summed E-state index contributed by atoms with van der Waals surface area (Å²) >= 11 is 0. The minimum absolute atomic E-state index is 0.00349. The van der Waals surface area contributed by atoms with Crippen LogP contribution >= 0.6 is 0 Å². The molecule has 0 saturated carbocycles. The van der Waals surface area contributed by atoms with E-state index in [1.54, 1.807) is 13.0 Å². The number of nitrogens with two attached hydrogens (primary N) is 3. The normalized spacial score (nSPS) is 11.9. The molecule has 2 rings (SSSR count). The number of nitrogens with one attached hydrogen (secondary N) is 1. The predicted octanol–water partition coefficient (Wildman–Crippen LogP) is 0.327. The van der Waals surface area contributed by atoms with Crippen LogP contribution in [0.4, 0.5) is 5.69 Å². The lowest BCUT2D eigenvalue weighted by Crippen LogP contribution is -2.43. The molecule has 0 radical (unpaired) electrons. The van der Waals surface area contributed by atoms with Crippen LogP contribution in [0.1, 0.15) is 23.7 Å². The Morgan fingerprint density at radius 1 is 1.10 bits per heavy atom. The maximum atomic E-state index is 12.5. The summed E-state index contributed by atoms with van der Waals surface area (Å²) in [6.45, 7) is 2.01. The first-order valence-electron chi connectivity index (χ1n) is 9.07. The van der Waals surface area contributed by atoms with Gasteiger partial charge in [0.2, 0.25) is 10.0 Å². The molecule has 1 unspecified atom stereocenters. The van der Waals surface area contributed by atoms with Crippen molar-refractivity contribution in [3.05, 3.63) is 54.1 Å². The van der Waals surface area contributed by atoms with Crippen LogP contribution in [0, 0.1) is 0 Å². The zero-order valence-electron chi connectivity index (χ0n) is 16.6. The second-order valence-electron chi connectivity index (χ2n) is 6.13. The fourth-order valence-electron chi connectivity index (χ4n) is 2.49. The molecule has 0 saturated heterocycles. The van der Waals surface area contributed by atoms with Crippen molar-refractivity contribution in [1.29, 1.82) is 0 Å². The summed E-state index contributed by atoms with van der Waals surface area (Å²) < 4.78 is 36.8. The highest BCUT2D eigenvalue weighted by Gasteiger charge is 2.24. The number of rotatable bonds is 9. The first kappa shape index (κ1) is 23.8. The molecular formula is C19H23N5O6S. The number of benzene rings is 2. The van der Waals surface area contributed by atoms with Crippen LogP contribution in [0.25, 0.3) is 0 Å². The summed E-state index contributed by atoms with van der Waals surface area (Å²) in [5.74, 6) is -2.22. The summed E-state index contributed by atoms with van der Waals surface area (Å²) in [5.41, 5.74) is 16.4. The topological polar surface area (TPSA) is 189 Å². The van der Waals surface area contributed by atoms with E-state index in [1.165, 1.54) is 42.5 Å². The summed E-state index contributed by atoms with van der Waals surface area (Å²) in [5, 5.41) is 0. The number of hydrogen-bond donors (Lipinski definition) is 4. The second kappa shape index (κ2) is 10.5. The third-order valence-electron chi connectivity index (χ3n) is 3.71. The Morgan fingerprint density at radius 3 is 2.39 bits per heavy atom. The Hall–Kier alpha value is -3.48. The van der Waals surface area contributed by atoms with E-state index in [0.717, 1.165) is 0 Å². The maximum Gasteiger partial charge on any atom is 0.348 e. The van der Waals surface area contributed by atoms with Gasteiger partial charge >= 0.3 is 11.9 Å². The van der Waals surface area contributed by atoms with Gasteiger partial charge in [-0.25, -0.2) is 18.2 Å². The van der Waals surface area contributed by atoms with Crippen LogP contribution in [0.5, 0.6) is 5.75 Å². The Labute approximate surface area is 179 Å². The van der Waals surface area contributed by atoms with Crippen molar-refractivity contribution in [2.75, 3.05) is 6.61 Å². The molecule has 0 heterocycles. The Bertz CT molecular complexity index is 1070. The molecule has 0 aromatic heterocycles. The number of carbonyl (C=O) groups excluding carboxylic acids is 2. The molecule has 0 bridgehead atoms. The quantitative estimate of drug-likeness (QED) is 0.137. The van der Waals surface area contributed by atoms with Gasteiger partial charge in [-0.15, -0.1) is 0 Å². The van der Waals surface area contributed by atoms with Crippen LogP contribution in [-0.4, -0.2) is 39.1 Å². The van der Waals surface area contributed by atoms with Crippen molar-refractivity contribution in [2.45, 2.75) is 24.4 Å². The highest BCUT2D eigenvalue weighted by atomic mass is 32.2. The van der Waals surface area contributed by atoms with Crippen LogP contribution in [-0.2, 0) is 19.6 Å². The third kappa shape index (κ3) is 6.77. The Balaban J connectivity index is 2.10. The summed E-state index contributed by atoms with van der Waals surface area (Å²) in [4.78, 5) is 28.4. The fraction of sp³-hybridized carbons (Fsp3) is 0.211. The molecule has 31 heavy (non-hydrogen) atoms. The van der Waals surface area contributed by atoms with E-state index < -0.39 is 34.5 Å². The number of guanidine groups is 1. The van der Waals surface area contributed by atoms with Crippen molar-refractivity contribution in [3.63, 3.8) is 0 Å². The molecule has 7 N–H and O–H groups in total. The van der Waals surface area contributed by atoms with Crippen LogP contribution in [0.15, 0.2) is 58.4 Å². The van der Waals surface area contributed by atoms with E-state index >= 15 is 0 Å². The number of para-hydroxylation sites is 1. The average Bonchev–Trinajstić information content (AvgIpc) is 2.69. The molecule has 0 aliphatic heterocycles. The molecule has 0 aliphatic carbocycles. The highest BCUT2D eigenvalue weighted by molar-refractivity contribution is 7.89. The van der Waals surface area contributed by atoms with Gasteiger partial charge in [-0.1, -0.05) is 24.3 Å². The number of sulfonamides is 1. The van der Waals surface area contributed by atoms with E-state index in [9.17, 15) is 18.0 Å². The number of hydrogen-bond acceptors (Lipinski definition) is 8. The molecule has 2 aromatic rings. The third-order valence-corrected chi connectivity index (χ3v) is 5.22. The van der Waals surface area contributed by atoms with Gasteiger partial charge in [-0.2, -0.15) is 4.72 Å². The zero-order valence-corrected chi connectivity index (χ0v) is 17.5. The number of nitrogens with zero attached hydrogens (tertiary/aromatic N) is 1. The van der Waals surface area contributed by atoms with Crippen molar-refractivity contribution < 1.29 is 27.5 Å². The van der Waals surface area contributed by atoms with Crippen molar-refractivity contribution in [1.82, 2.24) is 4.72 Å². The average molecular weight is 449 g/mol. The number of ether oxygens (including phenoxy) is 2. The number of carbonyl (C=O) groups is 2. The number of esters is 2. The molecule has 0 fully saturated rings. The first-order valence-corrected chi connectivity index (χ1v) is 10.6. The van der Waals surface area contributed by atoms with E-state index in [1.807, 2.05) is 0 Å². The van der Waals surface area contributed by atoms with Crippen LogP contribution in [0.2, 0.25) is 0 Å². The van der Waals surface area contributed by atoms with E-state index in [0.29, 0.717) is 0 Å². The van der Waals surface area contributed by atoms with Gasteiger partial charge in [0.05, 0.1) is 29.7 Å². The molecule has 11 nitrogen and oxygen atoms in total. The zero-order chi connectivity index (χ0) is 23.0. The maximum absolute atomic E-state index is 12.5. The second-order valence-corrected chi connectivity index (χ2v) is 7.84.